The number of hydrogen-bond acceptors (Lipinski definition) is 9. The molecule has 2 aromatic carbocycles. The Kier molecular flexibility index (Phi) is 5.33. The van der Waals surface area contributed by atoms with Gasteiger partial charge in [-0.2, -0.15) is 0 Å². The number of nitrogens with zero attached hydrogens (tertiary/aromatic N) is 6. The molecule has 11 nitrogen and oxygen atoms in total. The number of fused-ring (bicyclic) bond motifs is 2. The maximum Gasteiger partial charge on any atom is 0.223 e. The van der Waals surface area contributed by atoms with Crippen molar-refractivity contribution in [1.29, 1.82) is 0 Å². The third kappa shape index (κ3) is 4.14. The number of aromatic nitrogens is 5. The van der Waals surface area contributed by atoms with Crippen molar-refractivity contribution in [3.05, 3.63) is 71.7 Å². The van der Waals surface area contributed by atoms with Gasteiger partial charge in [-0.05, 0) is 58.7 Å². The predicted octanol–water partition coefficient (Wildman–Crippen LogP) is 3.20. The average molecular weight is 498 g/mol. The van der Waals surface area contributed by atoms with Crippen molar-refractivity contribution in [2.45, 2.75) is 12.8 Å². The summed E-state index contributed by atoms with van der Waals surface area (Å²) in [6.07, 6.45) is 2.33. The number of benzene rings is 2. The summed E-state index contributed by atoms with van der Waals surface area (Å²) in [4.78, 5) is 25.2. The number of nitrogen functional groups attached to an aromatic ring is 1. The number of carbonyl (C=O) groups is 1. The molecule has 6 rings (SSSR count). The molecule has 184 valence electrons. The molecule has 0 saturated carbocycles. The second-order valence-corrected chi connectivity index (χ2v) is 8.40. The van der Waals surface area contributed by atoms with Crippen LogP contribution in [0.5, 0.6) is 11.6 Å². The van der Waals surface area contributed by atoms with Crippen molar-refractivity contribution in [2.75, 3.05) is 12.3 Å². The summed E-state index contributed by atoms with van der Waals surface area (Å²) in [6.45, 7) is 0.588. The Hall–Kier alpha value is -5.13. The largest absolute Gasteiger partial charge is 0.439 e. The van der Waals surface area contributed by atoms with Crippen molar-refractivity contribution in [1.82, 2.24) is 24.8 Å². The molecule has 0 spiro atoms. The molecule has 0 saturated heterocycles. The van der Waals surface area contributed by atoms with E-state index in [1.54, 1.807) is 12.3 Å². The topological polar surface area (TPSA) is 160 Å². The highest BCUT2D eigenvalue weighted by Gasteiger charge is 2.23. The van der Waals surface area contributed by atoms with Gasteiger partial charge in [0.05, 0.1) is 23.8 Å². The van der Waals surface area contributed by atoms with Crippen molar-refractivity contribution in [3.63, 3.8) is 0 Å². The Morgan fingerprint density at radius 2 is 1.97 bits per heavy atom. The molecule has 4 heterocycles. The summed E-state index contributed by atoms with van der Waals surface area (Å²) in [5.41, 5.74) is 16.1. The van der Waals surface area contributed by atoms with E-state index in [-0.39, 0.29) is 29.6 Å². The molecule has 5 aromatic rings. The molecule has 0 radical (unpaired) electrons. The Balaban J connectivity index is 1.52. The molecular weight excluding hydrogens is 479 g/mol. The van der Waals surface area contributed by atoms with Gasteiger partial charge < -0.3 is 16.2 Å². The summed E-state index contributed by atoms with van der Waals surface area (Å²) in [7, 11) is 0. The number of primary amides is 1. The number of ether oxygens (including phenoxy) is 1. The van der Waals surface area contributed by atoms with Crippen LogP contribution in [0.3, 0.4) is 0 Å². The molecule has 12 heteroatoms. The Bertz CT molecular complexity index is 1690. The number of hydrogen-bond donors (Lipinski definition) is 2. The Labute approximate surface area is 208 Å². The average Bonchev–Trinajstić information content (AvgIpc) is 3.48. The van der Waals surface area contributed by atoms with Crippen LogP contribution in [-0.2, 0) is 11.2 Å². The van der Waals surface area contributed by atoms with Crippen LogP contribution in [0.15, 0.2) is 64.3 Å². The first kappa shape index (κ1) is 22.3. The number of anilines is 1. The van der Waals surface area contributed by atoms with Crippen molar-refractivity contribution in [2.24, 2.45) is 10.7 Å². The standard InChI is InChI=1S/C25H19FN8O3/c26-14-2-5-16(6-3-14)36-22-11-20-19(12-30-22)31-25(23-24(28)33-37-32-23)34(20)15-4-1-13-7-8-29-18(10-21(27)35)17(13)9-15/h1-6,9,11-12H,7-8,10H2,(H2,27,35)(H2,28,33). The van der Waals surface area contributed by atoms with Crippen molar-refractivity contribution >= 4 is 28.5 Å². The lowest BCUT2D eigenvalue weighted by molar-refractivity contribution is -0.116. The second kappa shape index (κ2) is 8.82. The molecule has 3 aromatic heterocycles. The molecule has 4 N–H and O–H groups in total. The minimum Gasteiger partial charge on any atom is -0.439 e. The van der Waals surface area contributed by atoms with Gasteiger partial charge in [-0.25, -0.2) is 19.0 Å². The SMILES string of the molecule is NC(=O)CC1=NCCc2ccc(-n3c(-c4nonc4N)nc4cnc(Oc5ccc(F)cc5)cc43)cc21. The third-order valence-electron chi connectivity index (χ3n) is 5.97. The molecule has 1 aliphatic rings. The summed E-state index contributed by atoms with van der Waals surface area (Å²) >= 11 is 0. The van der Waals surface area contributed by atoms with Crippen LogP contribution in [0.1, 0.15) is 17.5 Å². The van der Waals surface area contributed by atoms with E-state index >= 15 is 0 Å². The van der Waals surface area contributed by atoms with Gasteiger partial charge in [0, 0.05) is 23.9 Å². The van der Waals surface area contributed by atoms with Crippen LogP contribution in [0.25, 0.3) is 28.2 Å². The molecule has 0 aliphatic carbocycles. The quantitative estimate of drug-likeness (QED) is 0.361. The van der Waals surface area contributed by atoms with E-state index in [4.69, 9.17) is 20.8 Å². The number of carbonyl (C=O) groups excluding carboxylic acids is 1. The number of imidazole rings is 1. The third-order valence-corrected chi connectivity index (χ3v) is 5.97. The van der Waals surface area contributed by atoms with Crippen LogP contribution in [0.4, 0.5) is 10.2 Å². The summed E-state index contributed by atoms with van der Waals surface area (Å²) in [5.74, 6) is 0.308. The fraction of sp³-hybridized carbons (Fsp3) is 0.120. The van der Waals surface area contributed by atoms with Gasteiger partial charge in [0.15, 0.2) is 17.3 Å². The van der Waals surface area contributed by atoms with Crippen molar-refractivity contribution < 1.29 is 18.6 Å². The molecule has 0 fully saturated rings. The van der Waals surface area contributed by atoms with Crippen LogP contribution in [0.2, 0.25) is 0 Å². The fourth-order valence-electron chi connectivity index (χ4n) is 4.32. The molecule has 37 heavy (non-hydrogen) atoms. The molecule has 0 bridgehead atoms. The number of nitrogens with two attached hydrogens (primary N) is 2. The zero-order chi connectivity index (χ0) is 25.5. The number of pyridine rings is 1. The van der Waals surface area contributed by atoms with E-state index in [0.29, 0.717) is 40.6 Å². The second-order valence-electron chi connectivity index (χ2n) is 8.40. The van der Waals surface area contributed by atoms with Crippen LogP contribution in [0, 0.1) is 5.82 Å². The Morgan fingerprint density at radius 1 is 1.14 bits per heavy atom. The highest BCUT2D eigenvalue weighted by Crippen LogP contribution is 2.33. The number of amides is 1. The lowest BCUT2D eigenvalue weighted by atomic mass is 9.95. The normalized spacial score (nSPS) is 12.8. The molecular formula is C25H19FN8O3. The summed E-state index contributed by atoms with van der Waals surface area (Å²) in [6, 6.07) is 13.2. The van der Waals surface area contributed by atoms with E-state index < -0.39 is 5.91 Å². The number of rotatable bonds is 6. The van der Waals surface area contributed by atoms with E-state index in [2.05, 4.69) is 25.3 Å². The molecule has 0 unspecified atom stereocenters. The van der Waals surface area contributed by atoms with E-state index in [1.807, 2.05) is 22.8 Å². The van der Waals surface area contributed by atoms with Gasteiger partial charge in [-0.3, -0.25) is 14.4 Å². The lowest BCUT2D eigenvalue weighted by Gasteiger charge is -2.18. The first-order chi connectivity index (χ1) is 18.0. The number of halogens is 1. The van der Waals surface area contributed by atoms with Gasteiger partial charge in [0.2, 0.25) is 11.8 Å². The minimum atomic E-state index is -0.458. The summed E-state index contributed by atoms with van der Waals surface area (Å²) in [5, 5.41) is 7.63. The summed E-state index contributed by atoms with van der Waals surface area (Å²) < 4.78 is 25.8. The Morgan fingerprint density at radius 3 is 2.73 bits per heavy atom. The monoisotopic (exact) mass is 498 g/mol. The lowest BCUT2D eigenvalue weighted by Crippen LogP contribution is -2.21. The van der Waals surface area contributed by atoms with Gasteiger partial charge in [0.1, 0.15) is 17.1 Å². The van der Waals surface area contributed by atoms with Gasteiger partial charge in [-0.15, -0.1) is 0 Å². The molecule has 1 aliphatic heterocycles. The number of aliphatic imine (C=N–C) groups is 1. The predicted molar refractivity (Wildman–Crippen MR) is 132 cm³/mol. The van der Waals surface area contributed by atoms with Crippen molar-refractivity contribution in [3.8, 4) is 28.8 Å². The first-order valence-corrected chi connectivity index (χ1v) is 11.3. The van der Waals surface area contributed by atoms with E-state index in [9.17, 15) is 9.18 Å². The maximum atomic E-state index is 13.3. The highest BCUT2D eigenvalue weighted by molar-refractivity contribution is 6.11. The van der Waals surface area contributed by atoms with Crippen LogP contribution in [-0.4, -0.2) is 43.0 Å². The fourth-order valence-corrected chi connectivity index (χ4v) is 4.32. The molecule has 0 atom stereocenters. The van der Waals surface area contributed by atoms with E-state index in [0.717, 1.165) is 17.5 Å². The zero-order valence-corrected chi connectivity index (χ0v) is 19.3. The van der Waals surface area contributed by atoms with Gasteiger partial charge in [-0.1, -0.05) is 6.07 Å². The smallest absolute Gasteiger partial charge is 0.223 e. The zero-order valence-electron chi connectivity index (χ0n) is 19.3. The minimum absolute atomic E-state index is 0.0354. The van der Waals surface area contributed by atoms with Crippen LogP contribution < -0.4 is 16.2 Å². The first-order valence-electron chi connectivity index (χ1n) is 11.3. The highest BCUT2D eigenvalue weighted by atomic mass is 19.1. The van der Waals surface area contributed by atoms with Gasteiger partial charge in [0.25, 0.3) is 0 Å². The molecule has 1 amide bonds. The van der Waals surface area contributed by atoms with E-state index in [1.165, 1.54) is 24.3 Å². The van der Waals surface area contributed by atoms with Crippen LogP contribution >= 0.6 is 0 Å². The van der Waals surface area contributed by atoms with Gasteiger partial charge >= 0.3 is 0 Å². The maximum absolute atomic E-state index is 13.3.